The predicted molar refractivity (Wildman–Crippen MR) is 206 cm³/mol. The number of amides is 1. The van der Waals surface area contributed by atoms with Gasteiger partial charge < -0.3 is 44.7 Å². The highest BCUT2D eigenvalue weighted by atomic mass is 16.7. The Labute approximate surface area is 324 Å². The van der Waals surface area contributed by atoms with Crippen molar-refractivity contribution in [2.24, 2.45) is 17.8 Å². The molecule has 2 aromatic heterocycles. The van der Waals surface area contributed by atoms with Crippen LogP contribution < -0.4 is 5.32 Å². The smallest absolute Gasteiger partial charge is 0.302 e. The Morgan fingerprint density at radius 1 is 1.11 bits per heavy atom. The molecule has 9 atom stereocenters. The number of phenols is 1. The van der Waals surface area contributed by atoms with Crippen molar-refractivity contribution in [1.29, 1.82) is 0 Å². The van der Waals surface area contributed by atoms with Gasteiger partial charge in [0.25, 0.3) is 11.7 Å². The van der Waals surface area contributed by atoms with Gasteiger partial charge >= 0.3 is 5.97 Å². The number of imidazole rings is 1. The number of methoxy groups -OCH3 is 1. The standard InChI is InChI=1S/C42H47N3O11/c1-20-14-16-45-31(18-20)43-35-34-32-26(47)12-13-29-33(34)40(51)42(7,56-29)54-17-15-28(53-8)24(5)30(55-25(6)46)19-27(48)23(4)38(49)21(2)10-9-11-22(3)41(52)44-36(37(35)45)39(32)50/h9-11,14-18,21,23-24,27-30,38,48-51H,19H2,1-8H3,(H,44,52)/b10-9+,17-15+,22-11-/t21-,23-,24+,27-,28-,29?,30-,38-,42-/m0/s1. The zero-order chi connectivity index (χ0) is 40.8. The summed E-state index contributed by atoms with van der Waals surface area (Å²) in [6.07, 6.45) is 4.47. The van der Waals surface area contributed by atoms with Gasteiger partial charge in [-0.05, 0) is 43.5 Å². The number of carbonyl (C=O) groups excluding carboxylic acids is 3. The number of aryl methyl sites for hydroxylation is 1. The normalized spacial score (nSPS) is 32.1. The number of pyridine rings is 1. The van der Waals surface area contributed by atoms with Gasteiger partial charge in [-0.1, -0.05) is 44.9 Å². The van der Waals surface area contributed by atoms with Crippen LogP contribution in [0.1, 0.15) is 69.4 Å². The number of ketones is 1. The number of phenolic OH excluding ortho intramolecular Hbond substituents is 1. The number of benzene rings is 1. The number of aromatic hydroxyl groups is 1. The molecule has 2 aliphatic heterocycles. The number of esters is 1. The summed E-state index contributed by atoms with van der Waals surface area (Å²) in [5.41, 5.74) is 1.67. The summed E-state index contributed by atoms with van der Waals surface area (Å²) in [6.45, 7) is 11.4. The molecule has 296 valence electrons. The summed E-state index contributed by atoms with van der Waals surface area (Å²) >= 11 is 0. The van der Waals surface area contributed by atoms with Crippen molar-refractivity contribution >= 4 is 45.6 Å². The number of nitrogens with zero attached hydrogens (tertiary/aromatic N) is 2. The van der Waals surface area contributed by atoms with Crippen molar-refractivity contribution in [3.63, 3.8) is 0 Å². The third-order valence-corrected chi connectivity index (χ3v) is 10.9. The fraction of sp³-hybridized carbons (Fsp3) is 0.429. The summed E-state index contributed by atoms with van der Waals surface area (Å²) in [4.78, 5) is 44.5. The largest absolute Gasteiger partial charge is 0.506 e. The minimum Gasteiger partial charge on any atom is -0.506 e. The Bertz CT molecular complexity index is 2290. The number of aromatic nitrogens is 2. The van der Waals surface area contributed by atoms with Crippen LogP contribution in [0, 0.1) is 36.5 Å². The van der Waals surface area contributed by atoms with E-state index in [4.69, 9.17) is 23.9 Å². The molecule has 0 fully saturated rings. The summed E-state index contributed by atoms with van der Waals surface area (Å²) in [5, 5.41) is 49.1. The Balaban J connectivity index is 1.56. The number of rotatable bonds is 2. The third-order valence-electron chi connectivity index (χ3n) is 10.9. The lowest BCUT2D eigenvalue weighted by Crippen LogP contribution is -2.40. The zero-order valence-corrected chi connectivity index (χ0v) is 32.5. The van der Waals surface area contributed by atoms with Crippen LogP contribution in [0.25, 0.3) is 22.3 Å². The molecule has 1 unspecified atom stereocenters. The highest BCUT2D eigenvalue weighted by Crippen LogP contribution is 2.49. The van der Waals surface area contributed by atoms with Gasteiger partial charge in [-0.3, -0.25) is 18.8 Å². The van der Waals surface area contributed by atoms with Gasteiger partial charge in [0.05, 0.1) is 30.1 Å². The van der Waals surface area contributed by atoms with Crippen LogP contribution in [0.15, 0.2) is 60.2 Å². The van der Waals surface area contributed by atoms with E-state index in [-0.39, 0.29) is 45.4 Å². The van der Waals surface area contributed by atoms with E-state index in [1.165, 1.54) is 33.3 Å². The second kappa shape index (κ2) is 15.6. The monoisotopic (exact) mass is 769 g/mol. The second-order valence-corrected chi connectivity index (χ2v) is 14.9. The molecular formula is C42H47N3O11. The van der Waals surface area contributed by atoms with Crippen molar-refractivity contribution < 1.29 is 53.8 Å². The predicted octanol–water partition coefficient (Wildman–Crippen LogP) is 5.04. The van der Waals surface area contributed by atoms with Crippen LogP contribution in [0.5, 0.6) is 5.75 Å². The van der Waals surface area contributed by atoms with E-state index < -0.39 is 83.2 Å². The number of carbonyl (C=O) groups is 3. The van der Waals surface area contributed by atoms with E-state index >= 15 is 0 Å². The molecule has 5 N–H and O–H groups in total. The lowest BCUT2D eigenvalue weighted by atomic mass is 9.84. The molecule has 4 heterocycles. The van der Waals surface area contributed by atoms with Crippen molar-refractivity contribution in [2.75, 3.05) is 12.4 Å². The van der Waals surface area contributed by atoms with Crippen molar-refractivity contribution in [3.8, 4) is 17.6 Å². The number of hydrogen-bond donors (Lipinski definition) is 5. The molecule has 0 saturated carbocycles. The Morgan fingerprint density at radius 3 is 2.54 bits per heavy atom. The van der Waals surface area contributed by atoms with Crippen LogP contribution in [0.4, 0.5) is 5.69 Å². The second-order valence-electron chi connectivity index (χ2n) is 14.9. The highest BCUT2D eigenvalue weighted by molar-refractivity contribution is 6.22. The maximum Gasteiger partial charge on any atom is 0.302 e. The number of allylic oxidation sites excluding steroid dienone is 2. The number of nitrogens with one attached hydrogen (secondary N) is 1. The Morgan fingerprint density at radius 2 is 1.84 bits per heavy atom. The van der Waals surface area contributed by atoms with Crippen LogP contribution in [-0.4, -0.2) is 90.9 Å². The molecule has 6 rings (SSSR count). The maximum absolute atomic E-state index is 13.7. The zero-order valence-electron chi connectivity index (χ0n) is 32.5. The lowest BCUT2D eigenvalue weighted by Gasteiger charge is -2.33. The molecule has 0 spiro atoms. The average Bonchev–Trinajstić information content (AvgIpc) is 3.59. The van der Waals surface area contributed by atoms with Gasteiger partial charge in [-0.25, -0.2) is 4.98 Å². The fourth-order valence-corrected chi connectivity index (χ4v) is 7.42. The first-order chi connectivity index (χ1) is 26.5. The first-order valence-corrected chi connectivity index (χ1v) is 18.4. The van der Waals surface area contributed by atoms with E-state index in [0.29, 0.717) is 5.65 Å². The number of aliphatic hydroxyl groups excluding tert-OH is 3. The van der Waals surface area contributed by atoms with E-state index in [2.05, 4.69) is 17.2 Å². The SMILES string of the molecule is CO[C@H]1/C=C/O[C@@]2(C)OC3C#CC(=O)c4c(O)c(c5c(nc6cc(C)ccn65)c4C3=C2O)NC(=O)/C(C)=C\C=C\[C@H](C)[C@H](O)[C@@H](C)[C@@H](O)C[C@H](OC(C)=O)[C@@H]1C. The van der Waals surface area contributed by atoms with Gasteiger partial charge in [0, 0.05) is 68.0 Å². The van der Waals surface area contributed by atoms with Crippen molar-refractivity contribution in [1.82, 2.24) is 9.38 Å². The van der Waals surface area contributed by atoms with Gasteiger partial charge in [0.2, 0.25) is 5.78 Å². The van der Waals surface area contributed by atoms with Crippen LogP contribution in [0.3, 0.4) is 0 Å². The highest BCUT2D eigenvalue weighted by Gasteiger charge is 2.49. The molecule has 14 heteroatoms. The van der Waals surface area contributed by atoms with Gasteiger partial charge in [-0.15, -0.1) is 0 Å². The first kappa shape index (κ1) is 40.2. The number of aliphatic hydroxyl groups is 3. The topological polar surface area (TPSA) is 198 Å². The first-order valence-electron chi connectivity index (χ1n) is 18.4. The minimum atomic E-state index is -1.86. The van der Waals surface area contributed by atoms with Gasteiger partial charge in [0.15, 0.2) is 17.6 Å². The molecule has 3 aromatic rings. The Hall–Kier alpha value is -5.46. The van der Waals surface area contributed by atoms with Crippen molar-refractivity contribution in [2.45, 2.75) is 91.2 Å². The maximum atomic E-state index is 13.7. The molecule has 3 aliphatic rings. The molecule has 1 amide bonds. The average molecular weight is 770 g/mol. The molecule has 0 saturated heterocycles. The van der Waals surface area contributed by atoms with Crippen molar-refractivity contribution in [3.05, 3.63) is 76.9 Å². The third kappa shape index (κ3) is 7.31. The Kier molecular flexibility index (Phi) is 11.2. The molecule has 1 aromatic carbocycles. The number of anilines is 1. The molecule has 4 bridgehead atoms. The van der Waals surface area contributed by atoms with E-state index in [1.54, 1.807) is 62.6 Å². The summed E-state index contributed by atoms with van der Waals surface area (Å²) < 4.78 is 25.3. The fourth-order valence-electron chi connectivity index (χ4n) is 7.42. The van der Waals surface area contributed by atoms with E-state index in [9.17, 15) is 34.8 Å². The van der Waals surface area contributed by atoms with Crippen LogP contribution >= 0.6 is 0 Å². The van der Waals surface area contributed by atoms with Crippen LogP contribution in [0.2, 0.25) is 0 Å². The molecule has 0 radical (unpaired) electrons. The van der Waals surface area contributed by atoms with E-state index in [1.807, 2.05) is 13.0 Å². The number of ether oxygens (including phenoxy) is 4. The number of Topliss-reactive ketones (excluding diaryl/α,β-unsaturated/α-hetero) is 1. The summed E-state index contributed by atoms with van der Waals surface area (Å²) in [6, 6.07) is 3.61. The molecular weight excluding hydrogens is 722 g/mol. The van der Waals surface area contributed by atoms with Gasteiger partial charge in [0.1, 0.15) is 28.5 Å². The summed E-state index contributed by atoms with van der Waals surface area (Å²) in [7, 11) is 1.46. The van der Waals surface area contributed by atoms with E-state index in [0.717, 1.165) is 5.56 Å². The summed E-state index contributed by atoms with van der Waals surface area (Å²) in [5.74, 6) is -1.23. The molecule has 1 aliphatic carbocycles. The molecule has 56 heavy (non-hydrogen) atoms. The number of hydrogen-bond acceptors (Lipinski definition) is 12. The minimum absolute atomic E-state index is 0.0132. The number of fused-ring (bicyclic) bond motifs is 2. The lowest BCUT2D eigenvalue weighted by molar-refractivity contribution is -0.175. The quantitative estimate of drug-likeness (QED) is 0.101. The van der Waals surface area contributed by atoms with Crippen LogP contribution in [-0.2, 0) is 28.5 Å². The van der Waals surface area contributed by atoms with Gasteiger partial charge in [-0.2, -0.15) is 0 Å². The molecule has 14 nitrogen and oxygen atoms in total.